The van der Waals surface area contributed by atoms with E-state index in [0.29, 0.717) is 24.5 Å². The van der Waals surface area contributed by atoms with Crippen LogP contribution in [0.3, 0.4) is 0 Å². The summed E-state index contributed by atoms with van der Waals surface area (Å²) >= 11 is 0. The lowest BCUT2D eigenvalue weighted by atomic mass is 9.93. The van der Waals surface area contributed by atoms with Gasteiger partial charge in [0.25, 0.3) is 0 Å². The number of nitrogens with one attached hydrogen (secondary N) is 2. The normalized spacial score (nSPS) is 32.1. The van der Waals surface area contributed by atoms with Crippen molar-refractivity contribution in [2.75, 3.05) is 26.3 Å². The van der Waals surface area contributed by atoms with Crippen molar-refractivity contribution in [3.63, 3.8) is 0 Å². The Morgan fingerprint density at radius 3 is 2.68 bits per heavy atom. The first-order valence-electron chi connectivity index (χ1n) is 7.17. The highest BCUT2D eigenvalue weighted by Crippen LogP contribution is 2.31. The van der Waals surface area contributed by atoms with Crippen molar-refractivity contribution in [2.24, 2.45) is 5.92 Å². The molecule has 0 amide bonds. The van der Waals surface area contributed by atoms with Crippen LogP contribution in [0.4, 0.5) is 13.2 Å². The third-order valence-electron chi connectivity index (χ3n) is 4.10. The second-order valence-electron chi connectivity index (χ2n) is 5.53. The number of ether oxygens (including phenoxy) is 1. The van der Waals surface area contributed by atoms with Crippen molar-refractivity contribution >= 4 is 0 Å². The molecule has 0 aromatic heterocycles. The molecule has 0 aromatic rings. The number of hydrogen-bond donors (Lipinski definition) is 2. The second-order valence-corrected chi connectivity index (χ2v) is 5.53. The highest BCUT2D eigenvalue weighted by Gasteiger charge is 2.34. The van der Waals surface area contributed by atoms with E-state index in [0.717, 1.165) is 13.0 Å². The molecule has 0 bridgehead atoms. The van der Waals surface area contributed by atoms with Gasteiger partial charge >= 0.3 is 6.18 Å². The quantitative estimate of drug-likeness (QED) is 0.731. The summed E-state index contributed by atoms with van der Waals surface area (Å²) in [4.78, 5) is 0. The standard InChI is InChI=1S/C13H23F3N2O/c14-13(15,16)9-19-8-7-18-11-4-1-3-10(11)12-5-2-6-17-12/h10-12,17-18H,1-9H2. The predicted octanol–water partition coefficient (Wildman–Crippen LogP) is 2.08. The van der Waals surface area contributed by atoms with Crippen LogP contribution >= 0.6 is 0 Å². The zero-order valence-corrected chi connectivity index (χ0v) is 11.1. The Hall–Kier alpha value is -0.330. The van der Waals surface area contributed by atoms with Crippen LogP contribution in [0, 0.1) is 5.92 Å². The number of alkyl halides is 3. The molecular formula is C13H23F3N2O. The van der Waals surface area contributed by atoms with Gasteiger partial charge < -0.3 is 15.4 Å². The molecule has 2 rings (SSSR count). The fourth-order valence-electron chi connectivity index (χ4n) is 3.31. The van der Waals surface area contributed by atoms with Crippen molar-refractivity contribution in [3.8, 4) is 0 Å². The molecule has 2 N–H and O–H groups in total. The average Bonchev–Trinajstić information content (AvgIpc) is 2.96. The molecule has 0 spiro atoms. The molecule has 1 aliphatic heterocycles. The van der Waals surface area contributed by atoms with Gasteiger partial charge in [0, 0.05) is 18.6 Å². The first-order chi connectivity index (χ1) is 9.06. The van der Waals surface area contributed by atoms with E-state index in [1.54, 1.807) is 0 Å². The van der Waals surface area contributed by atoms with Gasteiger partial charge in [-0.1, -0.05) is 6.42 Å². The third-order valence-corrected chi connectivity index (χ3v) is 4.10. The van der Waals surface area contributed by atoms with Gasteiger partial charge in [0.05, 0.1) is 6.61 Å². The summed E-state index contributed by atoms with van der Waals surface area (Å²) in [6.07, 6.45) is 1.81. The van der Waals surface area contributed by atoms with Gasteiger partial charge in [-0.3, -0.25) is 0 Å². The van der Waals surface area contributed by atoms with Crippen LogP contribution in [0.15, 0.2) is 0 Å². The van der Waals surface area contributed by atoms with E-state index in [9.17, 15) is 13.2 Å². The summed E-state index contributed by atoms with van der Waals surface area (Å²) in [6.45, 7) is 0.584. The molecule has 0 radical (unpaired) electrons. The molecule has 1 aliphatic carbocycles. The van der Waals surface area contributed by atoms with Crippen molar-refractivity contribution in [2.45, 2.75) is 50.4 Å². The Bertz CT molecular complexity index is 267. The molecule has 2 fully saturated rings. The first kappa shape index (κ1) is 15.1. The summed E-state index contributed by atoms with van der Waals surface area (Å²) in [5, 5.41) is 6.89. The van der Waals surface area contributed by atoms with E-state index < -0.39 is 12.8 Å². The molecule has 6 heteroatoms. The van der Waals surface area contributed by atoms with E-state index in [-0.39, 0.29) is 6.61 Å². The largest absolute Gasteiger partial charge is 0.411 e. The molecule has 3 unspecified atom stereocenters. The van der Waals surface area contributed by atoms with E-state index in [1.165, 1.54) is 25.7 Å². The molecule has 19 heavy (non-hydrogen) atoms. The molecule has 1 saturated carbocycles. The Morgan fingerprint density at radius 2 is 2.00 bits per heavy atom. The van der Waals surface area contributed by atoms with Crippen LogP contribution in [0.25, 0.3) is 0 Å². The minimum absolute atomic E-state index is 0.126. The monoisotopic (exact) mass is 280 g/mol. The highest BCUT2D eigenvalue weighted by atomic mass is 19.4. The summed E-state index contributed by atoms with van der Waals surface area (Å²) in [6, 6.07) is 1.03. The van der Waals surface area contributed by atoms with Gasteiger partial charge in [0.1, 0.15) is 6.61 Å². The summed E-state index contributed by atoms with van der Waals surface area (Å²) in [7, 11) is 0. The fourth-order valence-corrected chi connectivity index (χ4v) is 3.31. The number of halogens is 3. The Balaban J connectivity index is 1.62. The van der Waals surface area contributed by atoms with E-state index in [2.05, 4.69) is 15.4 Å². The van der Waals surface area contributed by atoms with E-state index in [1.807, 2.05) is 0 Å². The fraction of sp³-hybridized carbons (Fsp3) is 1.00. The third kappa shape index (κ3) is 4.93. The molecule has 112 valence electrons. The van der Waals surface area contributed by atoms with Crippen molar-refractivity contribution in [3.05, 3.63) is 0 Å². The van der Waals surface area contributed by atoms with Crippen LogP contribution in [0.5, 0.6) is 0 Å². The maximum absolute atomic E-state index is 11.9. The van der Waals surface area contributed by atoms with E-state index in [4.69, 9.17) is 0 Å². The summed E-state index contributed by atoms with van der Waals surface area (Å²) in [5.41, 5.74) is 0. The molecule has 1 saturated heterocycles. The number of rotatable bonds is 6. The molecule has 0 aromatic carbocycles. The van der Waals surface area contributed by atoms with Crippen LogP contribution in [0.1, 0.15) is 32.1 Å². The van der Waals surface area contributed by atoms with Crippen LogP contribution in [-0.2, 0) is 4.74 Å². The summed E-state index contributed by atoms with van der Waals surface area (Å²) in [5.74, 6) is 0.630. The molecule has 3 atom stereocenters. The maximum Gasteiger partial charge on any atom is 0.411 e. The predicted molar refractivity (Wildman–Crippen MR) is 67.0 cm³/mol. The zero-order valence-electron chi connectivity index (χ0n) is 11.1. The minimum Gasteiger partial charge on any atom is -0.371 e. The lowest BCUT2D eigenvalue weighted by Crippen LogP contribution is -2.43. The van der Waals surface area contributed by atoms with Gasteiger partial charge in [-0.2, -0.15) is 13.2 Å². The van der Waals surface area contributed by atoms with Crippen molar-refractivity contribution in [1.82, 2.24) is 10.6 Å². The average molecular weight is 280 g/mol. The van der Waals surface area contributed by atoms with Crippen LogP contribution in [-0.4, -0.2) is 44.6 Å². The smallest absolute Gasteiger partial charge is 0.371 e. The molecule has 2 aliphatic rings. The number of hydrogen-bond acceptors (Lipinski definition) is 3. The van der Waals surface area contributed by atoms with Gasteiger partial charge in [-0.05, 0) is 38.1 Å². The van der Waals surface area contributed by atoms with Gasteiger partial charge in [0.2, 0.25) is 0 Å². The molecule has 3 nitrogen and oxygen atoms in total. The minimum atomic E-state index is -4.22. The Kier molecular flexibility index (Phi) is 5.47. The van der Waals surface area contributed by atoms with Gasteiger partial charge in [0.15, 0.2) is 0 Å². The first-order valence-corrected chi connectivity index (χ1v) is 7.17. The Labute approximate surface area is 112 Å². The lowest BCUT2D eigenvalue weighted by molar-refractivity contribution is -0.173. The van der Waals surface area contributed by atoms with Gasteiger partial charge in [-0.25, -0.2) is 0 Å². The van der Waals surface area contributed by atoms with Crippen molar-refractivity contribution < 1.29 is 17.9 Å². The summed E-state index contributed by atoms with van der Waals surface area (Å²) < 4.78 is 40.3. The molecular weight excluding hydrogens is 257 g/mol. The van der Waals surface area contributed by atoms with Crippen LogP contribution < -0.4 is 10.6 Å². The highest BCUT2D eigenvalue weighted by molar-refractivity contribution is 4.93. The Morgan fingerprint density at radius 1 is 1.16 bits per heavy atom. The topological polar surface area (TPSA) is 33.3 Å². The molecule has 1 heterocycles. The van der Waals surface area contributed by atoms with Crippen LogP contribution in [0.2, 0.25) is 0 Å². The second kappa shape index (κ2) is 6.90. The van der Waals surface area contributed by atoms with Gasteiger partial charge in [-0.15, -0.1) is 0 Å². The van der Waals surface area contributed by atoms with Crippen molar-refractivity contribution in [1.29, 1.82) is 0 Å². The SMILES string of the molecule is FC(F)(F)COCCNC1CCCC1C1CCCN1. The lowest BCUT2D eigenvalue weighted by Gasteiger charge is -2.26. The zero-order chi connectivity index (χ0) is 13.7. The maximum atomic E-state index is 11.9. The van der Waals surface area contributed by atoms with E-state index >= 15 is 0 Å².